The van der Waals surface area contributed by atoms with Crippen molar-refractivity contribution in [2.24, 2.45) is 0 Å². The molecule has 21 heavy (non-hydrogen) atoms. The SMILES string of the molecule is CCOc1ccc(C(=O)Nc2cnccc2C(=O)O)cc1. The third-order valence-corrected chi connectivity index (χ3v) is 2.73. The maximum Gasteiger partial charge on any atom is 0.337 e. The highest BCUT2D eigenvalue weighted by molar-refractivity contribution is 6.07. The van der Waals surface area contributed by atoms with E-state index in [1.807, 2.05) is 6.92 Å². The lowest BCUT2D eigenvalue weighted by Gasteiger charge is -2.08. The molecular weight excluding hydrogens is 272 g/mol. The number of carbonyl (C=O) groups excluding carboxylic acids is 1. The van der Waals surface area contributed by atoms with E-state index >= 15 is 0 Å². The van der Waals surface area contributed by atoms with E-state index in [9.17, 15) is 9.59 Å². The van der Waals surface area contributed by atoms with Gasteiger partial charge in [-0.1, -0.05) is 0 Å². The fourth-order valence-electron chi connectivity index (χ4n) is 1.74. The number of aromatic nitrogens is 1. The number of hydrogen-bond acceptors (Lipinski definition) is 4. The lowest BCUT2D eigenvalue weighted by atomic mass is 10.2. The van der Waals surface area contributed by atoms with Gasteiger partial charge in [-0.3, -0.25) is 9.78 Å². The first-order chi connectivity index (χ1) is 10.1. The van der Waals surface area contributed by atoms with Crippen LogP contribution in [0.2, 0.25) is 0 Å². The van der Waals surface area contributed by atoms with E-state index in [0.29, 0.717) is 17.9 Å². The zero-order valence-corrected chi connectivity index (χ0v) is 11.4. The first-order valence-corrected chi connectivity index (χ1v) is 6.33. The smallest absolute Gasteiger partial charge is 0.337 e. The first kappa shape index (κ1) is 14.5. The largest absolute Gasteiger partial charge is 0.494 e. The number of carbonyl (C=O) groups is 2. The molecule has 0 aliphatic heterocycles. The predicted molar refractivity (Wildman–Crippen MR) is 76.8 cm³/mol. The molecule has 1 aromatic carbocycles. The van der Waals surface area contributed by atoms with Crippen LogP contribution in [0.5, 0.6) is 5.75 Å². The molecule has 0 bridgehead atoms. The van der Waals surface area contributed by atoms with E-state index in [-0.39, 0.29) is 11.3 Å². The van der Waals surface area contributed by atoms with Crippen LogP contribution in [0.15, 0.2) is 42.7 Å². The molecular formula is C15H14N2O4. The van der Waals surface area contributed by atoms with Gasteiger partial charge in [-0.2, -0.15) is 0 Å². The van der Waals surface area contributed by atoms with Crippen LogP contribution in [0.25, 0.3) is 0 Å². The van der Waals surface area contributed by atoms with Crippen LogP contribution in [0, 0.1) is 0 Å². The van der Waals surface area contributed by atoms with Crippen molar-refractivity contribution >= 4 is 17.6 Å². The van der Waals surface area contributed by atoms with Crippen molar-refractivity contribution in [2.75, 3.05) is 11.9 Å². The monoisotopic (exact) mass is 286 g/mol. The van der Waals surface area contributed by atoms with Crippen LogP contribution < -0.4 is 10.1 Å². The number of rotatable bonds is 5. The van der Waals surface area contributed by atoms with E-state index in [2.05, 4.69) is 10.3 Å². The molecule has 108 valence electrons. The molecule has 1 amide bonds. The third-order valence-electron chi connectivity index (χ3n) is 2.73. The number of nitrogens with one attached hydrogen (secondary N) is 1. The van der Waals surface area contributed by atoms with Gasteiger partial charge in [-0.05, 0) is 37.3 Å². The van der Waals surface area contributed by atoms with Gasteiger partial charge in [-0.25, -0.2) is 4.79 Å². The topological polar surface area (TPSA) is 88.5 Å². The highest BCUT2D eigenvalue weighted by Crippen LogP contribution is 2.16. The fourth-order valence-corrected chi connectivity index (χ4v) is 1.74. The Morgan fingerprint density at radius 3 is 2.57 bits per heavy atom. The molecule has 0 atom stereocenters. The normalized spacial score (nSPS) is 9.95. The summed E-state index contributed by atoms with van der Waals surface area (Å²) in [5.41, 5.74) is 0.548. The van der Waals surface area contributed by atoms with Gasteiger partial charge in [-0.15, -0.1) is 0 Å². The van der Waals surface area contributed by atoms with Crippen LogP contribution in [0.1, 0.15) is 27.6 Å². The number of nitrogens with zero attached hydrogens (tertiary/aromatic N) is 1. The number of carboxylic acids is 1. The second-order valence-electron chi connectivity index (χ2n) is 4.14. The lowest BCUT2D eigenvalue weighted by Crippen LogP contribution is -2.15. The maximum atomic E-state index is 12.1. The van der Waals surface area contributed by atoms with Gasteiger partial charge < -0.3 is 15.2 Å². The van der Waals surface area contributed by atoms with Crippen LogP contribution in [-0.2, 0) is 0 Å². The number of hydrogen-bond donors (Lipinski definition) is 2. The molecule has 1 heterocycles. The van der Waals surface area contributed by atoms with Crippen LogP contribution >= 0.6 is 0 Å². The summed E-state index contributed by atoms with van der Waals surface area (Å²) in [6, 6.07) is 7.91. The molecule has 0 aliphatic carbocycles. The molecule has 0 aliphatic rings. The Morgan fingerprint density at radius 1 is 1.24 bits per heavy atom. The van der Waals surface area contributed by atoms with E-state index in [1.54, 1.807) is 24.3 Å². The summed E-state index contributed by atoms with van der Waals surface area (Å²) >= 11 is 0. The second kappa shape index (κ2) is 6.51. The average molecular weight is 286 g/mol. The number of ether oxygens (including phenoxy) is 1. The molecule has 0 radical (unpaired) electrons. The number of anilines is 1. The standard InChI is InChI=1S/C15H14N2O4/c1-2-21-11-5-3-10(4-6-11)14(18)17-13-9-16-8-7-12(13)15(19)20/h3-9H,2H2,1H3,(H,17,18)(H,19,20). The van der Waals surface area contributed by atoms with Crippen molar-refractivity contribution in [3.8, 4) is 5.75 Å². The highest BCUT2D eigenvalue weighted by atomic mass is 16.5. The van der Waals surface area contributed by atoms with Crippen molar-refractivity contribution < 1.29 is 19.4 Å². The molecule has 2 rings (SSSR count). The van der Waals surface area contributed by atoms with Crippen LogP contribution in [-0.4, -0.2) is 28.6 Å². The number of amides is 1. The molecule has 0 saturated heterocycles. The Bertz CT molecular complexity index is 653. The van der Waals surface area contributed by atoms with E-state index in [4.69, 9.17) is 9.84 Å². The number of pyridine rings is 1. The van der Waals surface area contributed by atoms with E-state index < -0.39 is 11.9 Å². The Morgan fingerprint density at radius 2 is 1.95 bits per heavy atom. The van der Waals surface area contributed by atoms with Crippen molar-refractivity contribution in [3.63, 3.8) is 0 Å². The molecule has 0 unspecified atom stereocenters. The molecule has 0 spiro atoms. The highest BCUT2D eigenvalue weighted by Gasteiger charge is 2.13. The number of aromatic carboxylic acids is 1. The molecule has 6 heteroatoms. The molecule has 0 fully saturated rings. The summed E-state index contributed by atoms with van der Waals surface area (Å²) < 4.78 is 5.29. The van der Waals surface area contributed by atoms with Gasteiger partial charge in [0.2, 0.25) is 0 Å². The summed E-state index contributed by atoms with van der Waals surface area (Å²) in [5, 5.41) is 11.6. The Hall–Kier alpha value is -2.89. The first-order valence-electron chi connectivity index (χ1n) is 6.33. The summed E-state index contributed by atoms with van der Waals surface area (Å²) in [6.45, 7) is 2.42. The zero-order chi connectivity index (χ0) is 15.2. The predicted octanol–water partition coefficient (Wildman–Crippen LogP) is 2.43. The molecule has 2 aromatic rings. The minimum absolute atomic E-state index is 0.00992. The molecule has 1 aromatic heterocycles. The van der Waals surface area contributed by atoms with Crippen molar-refractivity contribution in [1.82, 2.24) is 4.98 Å². The third kappa shape index (κ3) is 3.56. The number of benzene rings is 1. The average Bonchev–Trinajstić information content (AvgIpc) is 2.48. The van der Waals surface area contributed by atoms with Gasteiger partial charge in [0.1, 0.15) is 5.75 Å². The van der Waals surface area contributed by atoms with Crippen molar-refractivity contribution in [2.45, 2.75) is 6.92 Å². The van der Waals surface area contributed by atoms with Crippen molar-refractivity contribution in [1.29, 1.82) is 0 Å². The fraction of sp³-hybridized carbons (Fsp3) is 0.133. The summed E-state index contributed by atoms with van der Waals surface area (Å²) in [5.74, 6) is -0.866. The molecule has 0 saturated carbocycles. The van der Waals surface area contributed by atoms with E-state index in [0.717, 1.165) is 0 Å². The number of carboxylic acid groups (broad SMARTS) is 1. The Labute approximate surface area is 121 Å². The van der Waals surface area contributed by atoms with Crippen LogP contribution in [0.3, 0.4) is 0 Å². The van der Waals surface area contributed by atoms with E-state index in [1.165, 1.54) is 18.5 Å². The second-order valence-corrected chi connectivity index (χ2v) is 4.14. The minimum atomic E-state index is -1.13. The quantitative estimate of drug-likeness (QED) is 0.881. The Kier molecular flexibility index (Phi) is 4.50. The summed E-state index contributed by atoms with van der Waals surface area (Å²) in [6.07, 6.45) is 2.66. The molecule has 6 nitrogen and oxygen atoms in total. The van der Waals surface area contributed by atoms with Crippen LogP contribution in [0.4, 0.5) is 5.69 Å². The van der Waals surface area contributed by atoms with Gasteiger partial charge in [0.15, 0.2) is 0 Å². The summed E-state index contributed by atoms with van der Waals surface area (Å²) in [4.78, 5) is 27.0. The van der Waals surface area contributed by atoms with Gasteiger partial charge in [0.25, 0.3) is 5.91 Å². The Balaban J connectivity index is 2.16. The molecule has 2 N–H and O–H groups in total. The van der Waals surface area contributed by atoms with Gasteiger partial charge in [0.05, 0.1) is 24.1 Å². The van der Waals surface area contributed by atoms with Gasteiger partial charge >= 0.3 is 5.97 Å². The minimum Gasteiger partial charge on any atom is -0.494 e. The summed E-state index contributed by atoms with van der Waals surface area (Å²) in [7, 11) is 0. The zero-order valence-electron chi connectivity index (χ0n) is 11.4. The maximum absolute atomic E-state index is 12.1. The lowest BCUT2D eigenvalue weighted by molar-refractivity contribution is 0.0698. The van der Waals surface area contributed by atoms with Gasteiger partial charge in [0, 0.05) is 11.8 Å². The van der Waals surface area contributed by atoms with Crippen molar-refractivity contribution in [3.05, 3.63) is 53.9 Å².